The molecule has 200 valence electrons. The molecule has 37 heavy (non-hydrogen) atoms. The van der Waals surface area contributed by atoms with Crippen molar-refractivity contribution in [1.82, 2.24) is 14.8 Å². The summed E-state index contributed by atoms with van der Waals surface area (Å²) in [6.07, 6.45) is 10.7. The molecule has 3 aliphatic heterocycles. The number of amides is 1. The summed E-state index contributed by atoms with van der Waals surface area (Å²) >= 11 is 0. The maximum atomic E-state index is 12.4. The number of nitrogens with one attached hydrogen (secondary N) is 1. The molecule has 0 unspecified atom stereocenters. The van der Waals surface area contributed by atoms with Crippen molar-refractivity contribution in [3.63, 3.8) is 0 Å². The molecular formula is C28H39N5O4. The molecule has 1 aromatic carbocycles. The van der Waals surface area contributed by atoms with Gasteiger partial charge < -0.3 is 35.9 Å². The number of carbonyl (C=O) groups excluding carboxylic acids is 1. The molecule has 2 aromatic rings. The van der Waals surface area contributed by atoms with E-state index in [0.717, 1.165) is 56.8 Å². The number of aryl methyl sites for hydroxylation is 1. The van der Waals surface area contributed by atoms with Crippen LogP contribution in [-0.4, -0.2) is 83.9 Å². The van der Waals surface area contributed by atoms with Crippen LogP contribution >= 0.6 is 0 Å². The quantitative estimate of drug-likeness (QED) is 0.456. The van der Waals surface area contributed by atoms with Crippen LogP contribution in [0.4, 0.5) is 5.82 Å². The fraction of sp³-hybridized carbons (Fsp3) is 0.464. The van der Waals surface area contributed by atoms with Crippen LogP contribution in [-0.2, 0) is 14.3 Å². The van der Waals surface area contributed by atoms with E-state index in [1.807, 2.05) is 25.3 Å². The van der Waals surface area contributed by atoms with Crippen molar-refractivity contribution in [3.05, 3.63) is 59.3 Å². The number of ether oxygens (including phenoxy) is 2. The van der Waals surface area contributed by atoms with E-state index in [9.17, 15) is 9.90 Å². The molecule has 3 saturated heterocycles. The highest BCUT2D eigenvalue weighted by atomic mass is 16.5. The van der Waals surface area contributed by atoms with Gasteiger partial charge in [0.2, 0.25) is 5.91 Å². The van der Waals surface area contributed by atoms with Crippen LogP contribution in [0.25, 0.3) is 11.8 Å². The summed E-state index contributed by atoms with van der Waals surface area (Å²) in [5.41, 5.74) is 14.7. The number of rotatable bonds is 5. The van der Waals surface area contributed by atoms with Crippen LogP contribution in [0.5, 0.6) is 5.75 Å². The number of nitrogen functional groups attached to an aromatic ring is 1. The molecule has 1 aromatic heterocycles. The second-order valence-corrected chi connectivity index (χ2v) is 9.75. The molecule has 0 radical (unpaired) electrons. The third-order valence-corrected chi connectivity index (χ3v) is 7.14. The zero-order chi connectivity index (χ0) is 26.2. The Hall–Kier alpha value is -3.27. The first-order chi connectivity index (χ1) is 17.9. The number of hydrogen-bond donors (Lipinski definition) is 4. The van der Waals surface area contributed by atoms with Crippen molar-refractivity contribution in [3.8, 4) is 5.75 Å². The van der Waals surface area contributed by atoms with E-state index in [1.165, 1.54) is 6.42 Å². The summed E-state index contributed by atoms with van der Waals surface area (Å²) in [6.45, 7) is 7.72. The number of aromatic amines is 1. The third kappa shape index (κ3) is 6.94. The van der Waals surface area contributed by atoms with Crippen LogP contribution < -0.4 is 11.5 Å². The van der Waals surface area contributed by atoms with Crippen LogP contribution in [0.15, 0.2) is 42.6 Å². The molecule has 2 bridgehead atoms. The van der Waals surface area contributed by atoms with Gasteiger partial charge in [-0.05, 0) is 50.0 Å². The van der Waals surface area contributed by atoms with Gasteiger partial charge in [-0.15, -0.1) is 0 Å². The Morgan fingerprint density at radius 3 is 2.51 bits per heavy atom. The molecule has 9 heteroatoms. The molecule has 4 heterocycles. The number of nitrogens with zero attached hydrogens (tertiary/aromatic N) is 2. The lowest BCUT2D eigenvalue weighted by Gasteiger charge is -2.45. The van der Waals surface area contributed by atoms with Crippen LogP contribution in [0.3, 0.4) is 0 Å². The highest BCUT2D eigenvalue weighted by Crippen LogP contribution is 2.28. The van der Waals surface area contributed by atoms with Gasteiger partial charge in [-0.1, -0.05) is 18.2 Å². The SMILES string of the molecule is Cc1c[nH]c(N)c1/C=C(\N)c1ccccc1O.O=C(/C=C/CN1CCOCC1)N1[C@@H]2CCC[C@H]1COC2. The number of H-pyrrole nitrogens is 1. The van der Waals surface area contributed by atoms with Crippen LogP contribution in [0.2, 0.25) is 0 Å². The Morgan fingerprint density at radius 1 is 1.16 bits per heavy atom. The molecular weight excluding hydrogens is 470 g/mol. The Kier molecular flexibility index (Phi) is 9.27. The zero-order valence-electron chi connectivity index (χ0n) is 21.6. The molecule has 0 spiro atoms. The summed E-state index contributed by atoms with van der Waals surface area (Å²) in [6, 6.07) is 7.53. The highest BCUT2D eigenvalue weighted by molar-refractivity contribution is 5.88. The first-order valence-electron chi connectivity index (χ1n) is 13.0. The minimum atomic E-state index is 0.160. The summed E-state index contributed by atoms with van der Waals surface area (Å²) in [4.78, 5) is 19.7. The Morgan fingerprint density at radius 2 is 1.86 bits per heavy atom. The van der Waals surface area contributed by atoms with Crippen LogP contribution in [0.1, 0.15) is 36.0 Å². The number of aromatic hydroxyl groups is 1. The van der Waals surface area contributed by atoms with E-state index in [2.05, 4.69) is 14.8 Å². The maximum Gasteiger partial charge on any atom is 0.246 e. The average molecular weight is 510 g/mol. The fourth-order valence-corrected chi connectivity index (χ4v) is 5.06. The number of carbonyl (C=O) groups is 1. The Bertz CT molecular complexity index is 1060. The first kappa shape index (κ1) is 26.8. The molecule has 5 rings (SSSR count). The topological polar surface area (TPSA) is 130 Å². The normalized spacial score (nSPS) is 22.5. The van der Waals surface area contributed by atoms with Gasteiger partial charge >= 0.3 is 0 Å². The lowest BCUT2D eigenvalue weighted by atomic mass is 9.94. The van der Waals surface area contributed by atoms with Gasteiger partial charge in [-0.25, -0.2) is 0 Å². The molecule has 0 saturated carbocycles. The van der Waals surface area contributed by atoms with Gasteiger partial charge in [0.15, 0.2) is 0 Å². The van der Waals surface area contributed by atoms with Gasteiger partial charge in [0, 0.05) is 48.7 Å². The van der Waals surface area contributed by atoms with Gasteiger partial charge in [0.25, 0.3) is 0 Å². The minimum Gasteiger partial charge on any atom is -0.507 e. The van der Waals surface area contributed by atoms with Crippen molar-refractivity contribution in [2.75, 3.05) is 51.8 Å². The van der Waals surface area contributed by atoms with Crippen molar-refractivity contribution in [2.45, 2.75) is 38.3 Å². The molecule has 3 aliphatic rings. The second kappa shape index (κ2) is 12.8. The number of nitrogens with two attached hydrogens (primary N) is 2. The standard InChI is InChI=1S/C15H24N2O3.C13H15N3O/c18-15(5-2-6-16-7-9-19-10-8-16)17-13-3-1-4-14(17)12-20-11-13;1-8-7-16-13(15)10(8)6-11(14)9-4-2-3-5-12(9)17/h2,5,13-14H,1,3-4,6-12H2;2-7,16-17H,14-15H2,1H3/b5-2+;11-6-/t13-,14+;. The number of phenols is 1. The van der Waals surface area contributed by atoms with Gasteiger partial charge in [-0.2, -0.15) is 0 Å². The molecule has 3 fully saturated rings. The monoisotopic (exact) mass is 509 g/mol. The predicted octanol–water partition coefficient (Wildman–Crippen LogP) is 2.72. The lowest BCUT2D eigenvalue weighted by Crippen LogP contribution is -2.56. The number of fused-ring (bicyclic) bond motifs is 2. The molecule has 6 N–H and O–H groups in total. The van der Waals surface area contributed by atoms with E-state index < -0.39 is 0 Å². The summed E-state index contributed by atoms with van der Waals surface area (Å²) in [5, 5.41) is 9.69. The fourth-order valence-electron chi connectivity index (χ4n) is 5.06. The Labute approximate surface area is 218 Å². The first-order valence-corrected chi connectivity index (χ1v) is 13.0. The summed E-state index contributed by atoms with van der Waals surface area (Å²) in [5.74, 6) is 0.894. The van der Waals surface area contributed by atoms with E-state index >= 15 is 0 Å². The maximum absolute atomic E-state index is 12.4. The van der Waals surface area contributed by atoms with E-state index in [4.69, 9.17) is 20.9 Å². The van der Waals surface area contributed by atoms with Crippen molar-refractivity contribution >= 4 is 23.5 Å². The van der Waals surface area contributed by atoms with E-state index in [0.29, 0.717) is 42.4 Å². The smallest absolute Gasteiger partial charge is 0.246 e. The molecule has 2 atom stereocenters. The number of phenolic OH excluding ortho intramolecular Hbond substituents is 1. The van der Waals surface area contributed by atoms with Crippen molar-refractivity contribution in [1.29, 1.82) is 0 Å². The largest absolute Gasteiger partial charge is 0.507 e. The number of piperidine rings is 1. The third-order valence-electron chi connectivity index (χ3n) is 7.14. The number of para-hydroxylation sites is 1. The Balaban J connectivity index is 0.000000176. The van der Waals surface area contributed by atoms with Gasteiger partial charge in [0.1, 0.15) is 11.6 Å². The lowest BCUT2D eigenvalue weighted by molar-refractivity contribution is -0.145. The molecule has 9 nitrogen and oxygen atoms in total. The van der Waals surface area contributed by atoms with E-state index in [-0.39, 0.29) is 11.7 Å². The number of benzene rings is 1. The number of hydrogen-bond acceptors (Lipinski definition) is 7. The van der Waals surface area contributed by atoms with Gasteiger partial charge in [-0.3, -0.25) is 9.69 Å². The van der Waals surface area contributed by atoms with Crippen molar-refractivity contribution in [2.24, 2.45) is 5.73 Å². The number of anilines is 1. The number of morpholine rings is 2. The second-order valence-electron chi connectivity index (χ2n) is 9.75. The van der Waals surface area contributed by atoms with Crippen molar-refractivity contribution < 1.29 is 19.4 Å². The average Bonchev–Trinajstić information content (AvgIpc) is 3.21. The number of aromatic nitrogens is 1. The highest BCUT2D eigenvalue weighted by Gasteiger charge is 2.36. The summed E-state index contributed by atoms with van der Waals surface area (Å²) in [7, 11) is 0. The van der Waals surface area contributed by atoms with E-state index in [1.54, 1.807) is 30.4 Å². The zero-order valence-corrected chi connectivity index (χ0v) is 21.6. The van der Waals surface area contributed by atoms with Gasteiger partial charge in [0.05, 0.1) is 38.5 Å². The predicted molar refractivity (Wildman–Crippen MR) is 146 cm³/mol. The molecule has 0 aliphatic carbocycles. The minimum absolute atomic E-state index is 0.160. The molecule has 1 amide bonds. The summed E-state index contributed by atoms with van der Waals surface area (Å²) < 4.78 is 10.9. The van der Waals surface area contributed by atoms with Crippen LogP contribution in [0, 0.1) is 6.92 Å².